The van der Waals surface area contributed by atoms with Crippen molar-refractivity contribution in [3.63, 3.8) is 0 Å². The van der Waals surface area contributed by atoms with E-state index in [2.05, 4.69) is 15.5 Å². The zero-order valence-electron chi connectivity index (χ0n) is 15.8. The van der Waals surface area contributed by atoms with Crippen molar-refractivity contribution in [1.29, 1.82) is 0 Å². The van der Waals surface area contributed by atoms with Crippen molar-refractivity contribution >= 4 is 11.6 Å². The van der Waals surface area contributed by atoms with Gasteiger partial charge in [-0.1, -0.05) is 0 Å². The lowest BCUT2D eigenvalue weighted by Gasteiger charge is -2.12. The van der Waals surface area contributed by atoms with Crippen LogP contribution in [0, 0.1) is 6.92 Å². The SMILES string of the molecule is COc1ccc(OC)c(-c2n[nH]c(C)c2NC(=O)c2ccc(C(F)(F)F)cc2)c1. The number of alkyl halides is 3. The lowest BCUT2D eigenvalue weighted by molar-refractivity contribution is -0.137. The summed E-state index contributed by atoms with van der Waals surface area (Å²) in [7, 11) is 3.03. The number of hydrogen-bond acceptors (Lipinski definition) is 4. The van der Waals surface area contributed by atoms with Crippen molar-refractivity contribution in [1.82, 2.24) is 10.2 Å². The molecule has 0 fully saturated rings. The zero-order chi connectivity index (χ0) is 21.2. The molecule has 0 saturated carbocycles. The van der Waals surface area contributed by atoms with E-state index in [4.69, 9.17) is 9.47 Å². The van der Waals surface area contributed by atoms with E-state index in [9.17, 15) is 18.0 Å². The number of aromatic amines is 1. The largest absolute Gasteiger partial charge is 0.497 e. The summed E-state index contributed by atoms with van der Waals surface area (Å²) < 4.78 is 48.8. The van der Waals surface area contributed by atoms with Crippen molar-refractivity contribution in [3.05, 3.63) is 59.3 Å². The number of rotatable bonds is 5. The van der Waals surface area contributed by atoms with E-state index >= 15 is 0 Å². The first-order chi connectivity index (χ1) is 13.7. The van der Waals surface area contributed by atoms with Crippen LogP contribution < -0.4 is 14.8 Å². The molecule has 0 unspecified atom stereocenters. The molecule has 2 N–H and O–H groups in total. The fourth-order valence-corrected chi connectivity index (χ4v) is 2.77. The summed E-state index contributed by atoms with van der Waals surface area (Å²) in [6.45, 7) is 1.71. The average molecular weight is 405 g/mol. The number of carbonyl (C=O) groups excluding carboxylic acids is 1. The van der Waals surface area contributed by atoms with Crippen LogP contribution in [0.25, 0.3) is 11.3 Å². The third kappa shape index (κ3) is 4.18. The van der Waals surface area contributed by atoms with Gasteiger partial charge in [0.2, 0.25) is 0 Å². The molecule has 3 rings (SSSR count). The van der Waals surface area contributed by atoms with E-state index in [1.165, 1.54) is 14.2 Å². The third-order valence-corrected chi connectivity index (χ3v) is 4.32. The molecule has 0 saturated heterocycles. The molecular weight excluding hydrogens is 387 g/mol. The summed E-state index contributed by atoms with van der Waals surface area (Å²) in [4.78, 5) is 12.6. The standard InChI is InChI=1S/C20H18F3N3O3/c1-11-17(24-19(27)12-4-6-13(7-5-12)20(21,22)23)18(26-25-11)15-10-14(28-2)8-9-16(15)29-3/h4-10H,1-3H3,(H,24,27)(H,25,26). The Morgan fingerprint density at radius 3 is 2.34 bits per heavy atom. The van der Waals surface area contributed by atoms with Crippen molar-refractivity contribution in [2.75, 3.05) is 19.5 Å². The minimum Gasteiger partial charge on any atom is -0.497 e. The van der Waals surface area contributed by atoms with Gasteiger partial charge in [0, 0.05) is 11.1 Å². The number of aromatic nitrogens is 2. The Labute approximate surface area is 164 Å². The number of nitrogens with one attached hydrogen (secondary N) is 2. The first-order valence-electron chi connectivity index (χ1n) is 8.50. The van der Waals surface area contributed by atoms with Gasteiger partial charge in [0.05, 0.1) is 31.2 Å². The average Bonchev–Trinajstić information content (AvgIpc) is 3.07. The van der Waals surface area contributed by atoms with E-state index in [0.717, 1.165) is 24.3 Å². The maximum atomic E-state index is 12.7. The second-order valence-corrected chi connectivity index (χ2v) is 6.17. The van der Waals surface area contributed by atoms with Crippen molar-refractivity contribution < 1.29 is 27.4 Å². The summed E-state index contributed by atoms with van der Waals surface area (Å²) in [6.07, 6.45) is -4.47. The zero-order valence-corrected chi connectivity index (χ0v) is 15.8. The number of halogens is 3. The van der Waals surface area contributed by atoms with Gasteiger partial charge < -0.3 is 14.8 Å². The molecule has 0 spiro atoms. The van der Waals surface area contributed by atoms with Crippen molar-refractivity contribution in [2.24, 2.45) is 0 Å². The Hall–Kier alpha value is -3.49. The van der Waals surface area contributed by atoms with Crippen LogP contribution in [0.3, 0.4) is 0 Å². The van der Waals surface area contributed by atoms with Crippen LogP contribution in [0.5, 0.6) is 11.5 Å². The molecule has 0 aliphatic heterocycles. The molecule has 6 nitrogen and oxygen atoms in total. The molecule has 1 heterocycles. The summed E-state index contributed by atoms with van der Waals surface area (Å²) >= 11 is 0. The number of benzene rings is 2. The van der Waals surface area contributed by atoms with Crippen LogP contribution in [0.2, 0.25) is 0 Å². The number of ether oxygens (including phenoxy) is 2. The predicted octanol–water partition coefficient (Wildman–Crippen LogP) is 4.67. The first-order valence-corrected chi connectivity index (χ1v) is 8.50. The molecule has 29 heavy (non-hydrogen) atoms. The minimum absolute atomic E-state index is 0.0853. The normalized spacial score (nSPS) is 11.2. The van der Waals surface area contributed by atoms with Crippen LogP contribution in [0.4, 0.5) is 18.9 Å². The summed E-state index contributed by atoms with van der Waals surface area (Å²) in [6, 6.07) is 9.12. The van der Waals surface area contributed by atoms with Gasteiger partial charge in [-0.15, -0.1) is 0 Å². The molecule has 2 aromatic carbocycles. The second kappa shape index (κ2) is 7.86. The van der Waals surface area contributed by atoms with Gasteiger partial charge in [0.15, 0.2) is 0 Å². The molecule has 1 aromatic heterocycles. The van der Waals surface area contributed by atoms with Gasteiger partial charge in [0.25, 0.3) is 5.91 Å². The van der Waals surface area contributed by atoms with E-state index in [1.807, 2.05) is 0 Å². The van der Waals surface area contributed by atoms with E-state index in [0.29, 0.717) is 34.1 Å². The quantitative estimate of drug-likeness (QED) is 0.647. The van der Waals surface area contributed by atoms with Gasteiger partial charge in [-0.05, 0) is 49.4 Å². The number of anilines is 1. The number of nitrogens with zero attached hydrogens (tertiary/aromatic N) is 1. The van der Waals surface area contributed by atoms with Gasteiger partial charge in [-0.3, -0.25) is 9.89 Å². The van der Waals surface area contributed by atoms with Crippen LogP contribution in [-0.2, 0) is 6.18 Å². The maximum absolute atomic E-state index is 12.7. The van der Waals surface area contributed by atoms with Crippen LogP contribution >= 0.6 is 0 Å². The summed E-state index contributed by atoms with van der Waals surface area (Å²) in [5.74, 6) is 0.523. The molecule has 0 radical (unpaired) electrons. The Morgan fingerprint density at radius 1 is 1.07 bits per heavy atom. The van der Waals surface area contributed by atoms with Crippen molar-refractivity contribution in [2.45, 2.75) is 13.1 Å². The fraction of sp³-hybridized carbons (Fsp3) is 0.200. The molecule has 0 bridgehead atoms. The minimum atomic E-state index is -4.47. The lowest BCUT2D eigenvalue weighted by atomic mass is 10.1. The molecule has 3 aromatic rings. The second-order valence-electron chi connectivity index (χ2n) is 6.17. The van der Waals surface area contributed by atoms with Gasteiger partial charge >= 0.3 is 6.18 Å². The van der Waals surface area contributed by atoms with Gasteiger partial charge in [-0.25, -0.2) is 0 Å². The molecule has 0 atom stereocenters. The predicted molar refractivity (Wildman–Crippen MR) is 101 cm³/mol. The summed E-state index contributed by atoms with van der Waals surface area (Å²) in [5, 5.41) is 9.75. The van der Waals surface area contributed by atoms with E-state index < -0.39 is 17.6 Å². The highest BCUT2D eigenvalue weighted by molar-refractivity contribution is 6.06. The number of carbonyl (C=O) groups is 1. The number of H-pyrrole nitrogens is 1. The molecule has 9 heteroatoms. The van der Waals surface area contributed by atoms with Gasteiger partial charge in [0.1, 0.15) is 17.2 Å². The molecule has 152 valence electrons. The Morgan fingerprint density at radius 2 is 1.76 bits per heavy atom. The topological polar surface area (TPSA) is 76.2 Å². The third-order valence-electron chi connectivity index (χ3n) is 4.32. The molecule has 0 aliphatic rings. The number of hydrogen-bond donors (Lipinski definition) is 2. The number of amides is 1. The monoisotopic (exact) mass is 405 g/mol. The molecular formula is C20H18F3N3O3. The van der Waals surface area contributed by atoms with Crippen LogP contribution in [0.15, 0.2) is 42.5 Å². The number of methoxy groups -OCH3 is 2. The smallest absolute Gasteiger partial charge is 0.416 e. The lowest BCUT2D eigenvalue weighted by Crippen LogP contribution is -2.13. The van der Waals surface area contributed by atoms with Crippen LogP contribution in [0.1, 0.15) is 21.6 Å². The first kappa shape index (κ1) is 20.2. The Bertz CT molecular complexity index is 1030. The summed E-state index contributed by atoms with van der Waals surface area (Å²) in [5.41, 5.74) is 1.22. The fourth-order valence-electron chi connectivity index (χ4n) is 2.77. The highest BCUT2D eigenvalue weighted by atomic mass is 19.4. The highest BCUT2D eigenvalue weighted by Gasteiger charge is 2.30. The Kier molecular flexibility index (Phi) is 5.49. The van der Waals surface area contributed by atoms with E-state index in [-0.39, 0.29) is 5.56 Å². The Balaban J connectivity index is 1.94. The van der Waals surface area contributed by atoms with Crippen LogP contribution in [-0.4, -0.2) is 30.3 Å². The highest BCUT2D eigenvalue weighted by Crippen LogP contribution is 2.37. The number of aryl methyl sites for hydroxylation is 1. The molecule has 1 amide bonds. The van der Waals surface area contributed by atoms with E-state index in [1.54, 1.807) is 25.1 Å². The van der Waals surface area contributed by atoms with Gasteiger partial charge in [-0.2, -0.15) is 18.3 Å². The maximum Gasteiger partial charge on any atom is 0.416 e. The van der Waals surface area contributed by atoms with Crippen molar-refractivity contribution in [3.8, 4) is 22.8 Å². The molecule has 0 aliphatic carbocycles.